The van der Waals surface area contributed by atoms with Crippen LogP contribution in [0, 0.1) is 5.92 Å². The van der Waals surface area contributed by atoms with Crippen molar-refractivity contribution in [1.29, 1.82) is 0 Å². The van der Waals surface area contributed by atoms with Gasteiger partial charge in [-0.15, -0.1) is 0 Å². The number of hydrogen-bond donors (Lipinski definition) is 1. The van der Waals surface area contributed by atoms with E-state index in [2.05, 4.69) is 48.9 Å². The van der Waals surface area contributed by atoms with Gasteiger partial charge in [0.15, 0.2) is 0 Å². The molecule has 0 atom stereocenters. The van der Waals surface area contributed by atoms with E-state index in [-0.39, 0.29) is 5.60 Å². The van der Waals surface area contributed by atoms with E-state index in [4.69, 9.17) is 4.74 Å². The Hall–Kier alpha value is -0.870. The van der Waals surface area contributed by atoms with Gasteiger partial charge in [0.2, 0.25) is 0 Å². The van der Waals surface area contributed by atoms with Crippen molar-refractivity contribution in [1.82, 2.24) is 15.1 Å². The average Bonchev–Trinajstić information content (AvgIpc) is 2.74. The Morgan fingerprint density at radius 1 is 1.44 bits per heavy atom. The summed E-state index contributed by atoms with van der Waals surface area (Å²) >= 11 is 0. The van der Waals surface area contributed by atoms with Gasteiger partial charge in [-0.3, -0.25) is 4.68 Å². The standard InChI is InChI=1S/C14H27N3O/c1-12(2)10-15-11-13-6-8-16-17(13)9-7-14(3,4)18-5/h6,8,12,15H,7,9-11H2,1-5H3. The van der Waals surface area contributed by atoms with Crippen LogP contribution < -0.4 is 5.32 Å². The highest BCUT2D eigenvalue weighted by Gasteiger charge is 2.16. The minimum Gasteiger partial charge on any atom is -0.379 e. The van der Waals surface area contributed by atoms with Crippen LogP contribution >= 0.6 is 0 Å². The molecule has 0 amide bonds. The van der Waals surface area contributed by atoms with Crippen molar-refractivity contribution in [3.05, 3.63) is 18.0 Å². The normalized spacial score (nSPS) is 12.3. The number of hydrogen-bond acceptors (Lipinski definition) is 3. The number of nitrogens with one attached hydrogen (secondary N) is 1. The summed E-state index contributed by atoms with van der Waals surface area (Å²) in [5.74, 6) is 0.675. The number of methoxy groups -OCH3 is 1. The molecule has 0 unspecified atom stereocenters. The highest BCUT2D eigenvalue weighted by atomic mass is 16.5. The Morgan fingerprint density at radius 2 is 2.17 bits per heavy atom. The van der Waals surface area contributed by atoms with Crippen molar-refractivity contribution < 1.29 is 4.74 Å². The molecule has 1 aromatic rings. The Balaban J connectivity index is 2.44. The summed E-state index contributed by atoms with van der Waals surface area (Å²) in [6.45, 7) is 11.4. The van der Waals surface area contributed by atoms with Crippen molar-refractivity contribution in [2.24, 2.45) is 5.92 Å². The van der Waals surface area contributed by atoms with Gasteiger partial charge in [0.25, 0.3) is 0 Å². The molecule has 0 saturated carbocycles. The van der Waals surface area contributed by atoms with Gasteiger partial charge in [0.05, 0.1) is 11.3 Å². The van der Waals surface area contributed by atoms with E-state index >= 15 is 0 Å². The second-order valence-electron chi connectivity index (χ2n) is 5.78. The van der Waals surface area contributed by atoms with Gasteiger partial charge in [-0.05, 0) is 38.8 Å². The van der Waals surface area contributed by atoms with Gasteiger partial charge in [-0.1, -0.05) is 13.8 Å². The van der Waals surface area contributed by atoms with Gasteiger partial charge in [0, 0.05) is 26.4 Å². The molecule has 0 saturated heterocycles. The van der Waals surface area contributed by atoms with Crippen LogP contribution in [-0.2, 0) is 17.8 Å². The van der Waals surface area contributed by atoms with Crippen molar-refractivity contribution in [2.75, 3.05) is 13.7 Å². The first-order chi connectivity index (χ1) is 8.44. The van der Waals surface area contributed by atoms with Crippen molar-refractivity contribution in [3.8, 4) is 0 Å². The summed E-state index contributed by atoms with van der Waals surface area (Å²) in [6.07, 6.45) is 2.83. The number of rotatable bonds is 8. The lowest BCUT2D eigenvalue weighted by molar-refractivity contribution is 0.0111. The Bertz CT molecular complexity index is 345. The van der Waals surface area contributed by atoms with Crippen LogP contribution in [0.15, 0.2) is 12.3 Å². The van der Waals surface area contributed by atoms with E-state index in [0.717, 1.165) is 26.1 Å². The second kappa shape index (κ2) is 6.90. The van der Waals surface area contributed by atoms with Gasteiger partial charge in [-0.25, -0.2) is 0 Å². The molecule has 0 spiro atoms. The molecular formula is C14H27N3O. The lowest BCUT2D eigenvalue weighted by atomic mass is 10.1. The molecule has 0 aliphatic carbocycles. The lowest BCUT2D eigenvalue weighted by Crippen LogP contribution is -2.26. The molecule has 1 heterocycles. The molecule has 18 heavy (non-hydrogen) atoms. The van der Waals surface area contributed by atoms with Gasteiger partial charge in [0.1, 0.15) is 0 Å². The van der Waals surface area contributed by atoms with Gasteiger partial charge >= 0.3 is 0 Å². The summed E-state index contributed by atoms with van der Waals surface area (Å²) < 4.78 is 7.50. The van der Waals surface area contributed by atoms with Crippen LogP contribution in [0.3, 0.4) is 0 Å². The molecule has 4 heteroatoms. The predicted octanol–water partition coefficient (Wildman–Crippen LogP) is 2.44. The maximum Gasteiger partial charge on any atom is 0.0640 e. The fourth-order valence-electron chi connectivity index (χ4n) is 1.68. The van der Waals surface area contributed by atoms with E-state index in [0.29, 0.717) is 5.92 Å². The summed E-state index contributed by atoms with van der Waals surface area (Å²) in [7, 11) is 1.76. The molecule has 1 aromatic heterocycles. The van der Waals surface area contributed by atoms with Crippen LogP contribution in [0.1, 0.15) is 39.8 Å². The smallest absolute Gasteiger partial charge is 0.0640 e. The first-order valence-electron chi connectivity index (χ1n) is 6.71. The first kappa shape index (κ1) is 15.2. The Morgan fingerprint density at radius 3 is 2.78 bits per heavy atom. The molecular weight excluding hydrogens is 226 g/mol. The molecule has 0 aromatic carbocycles. The second-order valence-corrected chi connectivity index (χ2v) is 5.78. The van der Waals surface area contributed by atoms with E-state index in [1.807, 2.05) is 6.20 Å². The summed E-state index contributed by atoms with van der Waals surface area (Å²) in [5.41, 5.74) is 1.15. The molecule has 104 valence electrons. The highest BCUT2D eigenvalue weighted by molar-refractivity contribution is 5.00. The monoisotopic (exact) mass is 253 g/mol. The lowest BCUT2D eigenvalue weighted by Gasteiger charge is -2.23. The van der Waals surface area contributed by atoms with E-state index in [1.54, 1.807) is 7.11 Å². The topological polar surface area (TPSA) is 39.1 Å². The Kier molecular flexibility index (Phi) is 5.82. The zero-order valence-corrected chi connectivity index (χ0v) is 12.4. The maximum atomic E-state index is 5.43. The van der Waals surface area contributed by atoms with Crippen molar-refractivity contribution >= 4 is 0 Å². The quantitative estimate of drug-likeness (QED) is 0.773. The number of ether oxygens (including phenoxy) is 1. The third-order valence-electron chi connectivity index (χ3n) is 3.14. The van der Waals surface area contributed by atoms with Gasteiger partial charge in [-0.2, -0.15) is 5.10 Å². The van der Waals surface area contributed by atoms with Crippen LogP contribution in [0.5, 0.6) is 0 Å². The van der Waals surface area contributed by atoms with Crippen LogP contribution in [-0.4, -0.2) is 29.0 Å². The third-order valence-corrected chi connectivity index (χ3v) is 3.14. The predicted molar refractivity (Wildman–Crippen MR) is 74.5 cm³/mol. The SMILES string of the molecule is COC(C)(C)CCn1nccc1CNCC(C)C. The van der Waals surface area contributed by atoms with Crippen LogP contribution in [0.2, 0.25) is 0 Å². The zero-order valence-electron chi connectivity index (χ0n) is 12.4. The first-order valence-corrected chi connectivity index (χ1v) is 6.71. The molecule has 0 aliphatic rings. The fraction of sp³-hybridized carbons (Fsp3) is 0.786. The minimum absolute atomic E-state index is 0.0887. The minimum atomic E-state index is -0.0887. The molecule has 0 radical (unpaired) electrons. The molecule has 1 N–H and O–H groups in total. The number of nitrogens with zero attached hydrogens (tertiary/aromatic N) is 2. The highest BCUT2D eigenvalue weighted by Crippen LogP contribution is 2.14. The van der Waals surface area contributed by atoms with E-state index in [1.165, 1.54) is 5.69 Å². The molecule has 0 fully saturated rings. The molecule has 1 rings (SSSR count). The van der Waals surface area contributed by atoms with Crippen molar-refractivity contribution in [2.45, 2.75) is 52.8 Å². The van der Waals surface area contributed by atoms with Crippen LogP contribution in [0.4, 0.5) is 0 Å². The van der Waals surface area contributed by atoms with Gasteiger partial charge < -0.3 is 10.1 Å². The summed E-state index contributed by atoms with van der Waals surface area (Å²) in [4.78, 5) is 0. The summed E-state index contributed by atoms with van der Waals surface area (Å²) in [5, 5.41) is 7.82. The third kappa shape index (κ3) is 5.19. The van der Waals surface area contributed by atoms with E-state index in [9.17, 15) is 0 Å². The maximum absolute atomic E-state index is 5.43. The summed E-state index contributed by atoms with van der Waals surface area (Å²) in [6, 6.07) is 2.08. The molecule has 4 nitrogen and oxygen atoms in total. The number of aromatic nitrogens is 2. The largest absolute Gasteiger partial charge is 0.379 e. The van der Waals surface area contributed by atoms with Crippen molar-refractivity contribution in [3.63, 3.8) is 0 Å². The number of aryl methyl sites for hydroxylation is 1. The van der Waals surface area contributed by atoms with E-state index < -0.39 is 0 Å². The zero-order chi connectivity index (χ0) is 13.6. The van der Waals surface area contributed by atoms with Crippen LogP contribution in [0.25, 0.3) is 0 Å². The average molecular weight is 253 g/mol. The molecule has 0 aliphatic heterocycles. The fourth-order valence-corrected chi connectivity index (χ4v) is 1.68. The Labute approximate surface area is 111 Å². The molecule has 0 bridgehead atoms.